The molecule has 6 heteroatoms. The van der Waals surface area contributed by atoms with Crippen LogP contribution in [0.5, 0.6) is 11.5 Å². The van der Waals surface area contributed by atoms with Gasteiger partial charge in [0.05, 0.1) is 5.69 Å². The monoisotopic (exact) mass is 356 g/mol. The van der Waals surface area contributed by atoms with Crippen LogP contribution in [0.3, 0.4) is 0 Å². The van der Waals surface area contributed by atoms with Crippen molar-refractivity contribution in [1.29, 1.82) is 0 Å². The minimum Gasteiger partial charge on any atom is -0.454 e. The van der Waals surface area contributed by atoms with Crippen LogP contribution < -0.4 is 14.8 Å². The Kier molecular flexibility index (Phi) is 4.44. The molecule has 0 bridgehead atoms. The van der Waals surface area contributed by atoms with Crippen molar-refractivity contribution in [3.05, 3.63) is 46.5 Å². The van der Waals surface area contributed by atoms with Crippen molar-refractivity contribution in [2.45, 2.75) is 32.6 Å². The maximum atomic E-state index is 12.2. The third kappa shape index (κ3) is 3.69. The number of allylic oxidation sites excluding steroid dienone is 2. The molecular weight excluding hydrogens is 336 g/mol. The lowest BCUT2D eigenvalue weighted by atomic mass is 10.1. The van der Waals surface area contributed by atoms with Crippen LogP contribution in [0.25, 0.3) is 0 Å². The Morgan fingerprint density at radius 1 is 1.36 bits per heavy atom. The summed E-state index contributed by atoms with van der Waals surface area (Å²) in [6.45, 7) is 2.26. The van der Waals surface area contributed by atoms with Crippen molar-refractivity contribution < 1.29 is 14.3 Å². The molecule has 1 aliphatic heterocycles. The molecule has 5 nitrogen and oxygen atoms in total. The van der Waals surface area contributed by atoms with Crippen molar-refractivity contribution in [3.63, 3.8) is 0 Å². The largest absolute Gasteiger partial charge is 0.454 e. The third-order valence-corrected chi connectivity index (χ3v) is 5.57. The Balaban J connectivity index is 1.41. The van der Waals surface area contributed by atoms with E-state index in [-0.39, 0.29) is 12.7 Å². The van der Waals surface area contributed by atoms with Gasteiger partial charge >= 0.3 is 0 Å². The lowest BCUT2D eigenvalue weighted by Crippen LogP contribution is -2.14. The van der Waals surface area contributed by atoms with E-state index in [4.69, 9.17) is 9.47 Å². The number of ether oxygens (including phenoxy) is 2. The van der Waals surface area contributed by atoms with E-state index in [9.17, 15) is 4.79 Å². The number of carbonyl (C=O) groups is 1. The molecule has 2 heterocycles. The highest BCUT2D eigenvalue weighted by Crippen LogP contribution is 2.34. The van der Waals surface area contributed by atoms with E-state index in [2.05, 4.69) is 22.5 Å². The van der Waals surface area contributed by atoms with Gasteiger partial charge in [-0.25, -0.2) is 4.98 Å². The lowest BCUT2D eigenvalue weighted by Gasteiger charge is -2.06. The molecule has 0 unspecified atom stereocenters. The van der Waals surface area contributed by atoms with Gasteiger partial charge in [0, 0.05) is 17.7 Å². The summed E-state index contributed by atoms with van der Waals surface area (Å²) in [6.07, 6.45) is 7.73. The fourth-order valence-electron chi connectivity index (χ4n) is 3.16. The first-order valence-corrected chi connectivity index (χ1v) is 9.30. The second-order valence-electron chi connectivity index (χ2n) is 6.41. The zero-order valence-corrected chi connectivity index (χ0v) is 14.9. The van der Waals surface area contributed by atoms with Crippen LogP contribution in [0.1, 0.15) is 35.4 Å². The number of benzene rings is 1. The highest BCUT2D eigenvalue weighted by Gasteiger charge is 2.17. The summed E-state index contributed by atoms with van der Waals surface area (Å²) in [7, 11) is 0. The molecule has 1 aliphatic carbocycles. The number of aryl methyl sites for hydroxylation is 1. The molecule has 1 N–H and O–H groups in total. The topological polar surface area (TPSA) is 60.5 Å². The number of rotatable bonds is 5. The van der Waals surface area contributed by atoms with E-state index in [1.807, 2.05) is 25.1 Å². The number of aromatic nitrogens is 1. The minimum atomic E-state index is 0.0416. The molecule has 4 rings (SSSR count). The van der Waals surface area contributed by atoms with E-state index in [1.54, 1.807) is 11.3 Å². The van der Waals surface area contributed by atoms with Crippen molar-refractivity contribution in [2.75, 3.05) is 12.1 Å². The molecule has 0 saturated carbocycles. The molecule has 2 aliphatic rings. The van der Waals surface area contributed by atoms with Crippen molar-refractivity contribution in [1.82, 2.24) is 4.98 Å². The first-order chi connectivity index (χ1) is 12.2. The molecule has 25 heavy (non-hydrogen) atoms. The molecule has 1 atom stereocenters. The number of amides is 1. The second kappa shape index (κ2) is 6.88. The summed E-state index contributed by atoms with van der Waals surface area (Å²) in [4.78, 5) is 17.8. The number of nitrogens with one attached hydrogen (secondary N) is 1. The van der Waals surface area contributed by atoms with E-state index in [0.717, 1.165) is 46.9 Å². The summed E-state index contributed by atoms with van der Waals surface area (Å²) in [5, 5.41) is 3.63. The van der Waals surface area contributed by atoms with Gasteiger partial charge in [0.25, 0.3) is 0 Å². The van der Waals surface area contributed by atoms with Gasteiger partial charge in [-0.3, -0.25) is 4.79 Å². The summed E-state index contributed by atoms with van der Waals surface area (Å²) >= 11 is 1.54. The summed E-state index contributed by atoms with van der Waals surface area (Å²) in [5.74, 6) is 1.99. The standard InChI is InChI=1S/C19H20N2O3S/c1-12-17(9-14-6-7-15-16(8-14)24-11-23-15)25-19(20-12)21-18(22)10-13-4-2-3-5-13/h2,4,6-8,13H,3,5,9-11H2,1H3,(H,20,21,22)/t13-/m1/s1. The van der Waals surface area contributed by atoms with Crippen LogP contribution in [0, 0.1) is 12.8 Å². The Hall–Kier alpha value is -2.34. The van der Waals surface area contributed by atoms with E-state index < -0.39 is 0 Å². The van der Waals surface area contributed by atoms with Gasteiger partial charge in [0.1, 0.15) is 0 Å². The fraction of sp³-hybridized carbons (Fsp3) is 0.368. The van der Waals surface area contributed by atoms with Crippen molar-refractivity contribution >= 4 is 22.4 Å². The molecule has 1 aromatic heterocycles. The fourth-order valence-corrected chi connectivity index (χ4v) is 4.17. The summed E-state index contributed by atoms with van der Waals surface area (Å²) in [5.41, 5.74) is 2.10. The Morgan fingerprint density at radius 2 is 2.24 bits per heavy atom. The van der Waals surface area contributed by atoms with Crippen LogP contribution in [0.15, 0.2) is 30.4 Å². The highest BCUT2D eigenvalue weighted by molar-refractivity contribution is 7.15. The molecule has 0 saturated heterocycles. The van der Waals surface area contributed by atoms with E-state index in [0.29, 0.717) is 17.5 Å². The van der Waals surface area contributed by atoms with Gasteiger partial charge in [-0.05, 0) is 43.4 Å². The van der Waals surface area contributed by atoms with Crippen molar-refractivity contribution in [3.8, 4) is 11.5 Å². The maximum absolute atomic E-state index is 12.2. The van der Waals surface area contributed by atoms with Crippen LogP contribution in [0.2, 0.25) is 0 Å². The highest BCUT2D eigenvalue weighted by atomic mass is 32.1. The number of nitrogens with zero attached hydrogens (tertiary/aromatic N) is 1. The van der Waals surface area contributed by atoms with Gasteiger partial charge in [-0.1, -0.05) is 18.2 Å². The number of anilines is 1. The van der Waals surface area contributed by atoms with E-state index in [1.165, 1.54) is 0 Å². The SMILES string of the molecule is Cc1nc(NC(=O)C[C@@H]2C=CCC2)sc1Cc1ccc2c(c1)OCO2. The maximum Gasteiger partial charge on any atom is 0.231 e. The molecule has 2 aromatic rings. The van der Waals surface area contributed by atoms with E-state index >= 15 is 0 Å². The van der Waals surface area contributed by atoms with Gasteiger partial charge < -0.3 is 14.8 Å². The van der Waals surface area contributed by atoms with Crippen LogP contribution in [0.4, 0.5) is 5.13 Å². The summed E-state index contributed by atoms with van der Waals surface area (Å²) < 4.78 is 10.8. The van der Waals surface area contributed by atoms with Gasteiger partial charge in [-0.15, -0.1) is 11.3 Å². The quantitative estimate of drug-likeness (QED) is 0.821. The molecule has 0 radical (unpaired) electrons. The molecule has 130 valence electrons. The normalized spacial score (nSPS) is 17.9. The number of thiazole rings is 1. The zero-order chi connectivity index (χ0) is 17.2. The molecule has 0 spiro atoms. The number of fused-ring (bicyclic) bond motifs is 1. The lowest BCUT2D eigenvalue weighted by molar-refractivity contribution is -0.116. The van der Waals surface area contributed by atoms with Crippen LogP contribution >= 0.6 is 11.3 Å². The average Bonchev–Trinajstić information content (AvgIpc) is 3.30. The third-order valence-electron chi connectivity index (χ3n) is 4.50. The number of carbonyl (C=O) groups excluding carboxylic acids is 1. The number of hydrogen-bond acceptors (Lipinski definition) is 5. The molecule has 0 fully saturated rings. The van der Waals surface area contributed by atoms with Gasteiger partial charge in [-0.2, -0.15) is 0 Å². The number of hydrogen-bond donors (Lipinski definition) is 1. The molecule has 1 aromatic carbocycles. The van der Waals surface area contributed by atoms with Crippen LogP contribution in [-0.4, -0.2) is 17.7 Å². The molecular formula is C19H20N2O3S. The first kappa shape index (κ1) is 16.1. The van der Waals surface area contributed by atoms with Gasteiger partial charge in [0.2, 0.25) is 12.7 Å². The Morgan fingerprint density at radius 3 is 3.08 bits per heavy atom. The smallest absolute Gasteiger partial charge is 0.231 e. The second-order valence-corrected chi connectivity index (χ2v) is 7.49. The summed E-state index contributed by atoms with van der Waals surface area (Å²) in [6, 6.07) is 5.98. The van der Waals surface area contributed by atoms with Crippen LogP contribution in [-0.2, 0) is 11.2 Å². The first-order valence-electron chi connectivity index (χ1n) is 8.49. The van der Waals surface area contributed by atoms with Gasteiger partial charge in [0.15, 0.2) is 16.6 Å². The average molecular weight is 356 g/mol. The zero-order valence-electron chi connectivity index (χ0n) is 14.1. The predicted molar refractivity (Wildman–Crippen MR) is 97.3 cm³/mol. The Labute approximate surface area is 150 Å². The Bertz CT molecular complexity index is 828. The minimum absolute atomic E-state index is 0.0416. The van der Waals surface area contributed by atoms with Crippen molar-refractivity contribution in [2.24, 2.45) is 5.92 Å². The molecule has 1 amide bonds. The predicted octanol–water partition coefficient (Wildman–Crippen LogP) is 4.07.